The van der Waals surface area contributed by atoms with E-state index in [0.29, 0.717) is 23.5 Å². The number of fused-ring (bicyclic) bond motifs is 1. The third-order valence-electron chi connectivity index (χ3n) is 4.00. The zero-order chi connectivity index (χ0) is 19.3. The van der Waals surface area contributed by atoms with Gasteiger partial charge < -0.3 is 24.8 Å². The van der Waals surface area contributed by atoms with Crippen LogP contribution in [0, 0.1) is 0 Å². The fraction of sp³-hybridized carbons (Fsp3) is 0.533. The molecule has 144 valence electrons. The number of benzene rings is 1. The first kappa shape index (κ1) is 20.7. The second-order valence-electron chi connectivity index (χ2n) is 5.80. The highest BCUT2D eigenvalue weighted by Gasteiger charge is 2.37. The van der Waals surface area contributed by atoms with Crippen molar-refractivity contribution in [1.82, 2.24) is 10.0 Å². The minimum Gasteiger partial charge on any atom is -0.534 e. The van der Waals surface area contributed by atoms with Crippen LogP contribution in [0.4, 0.5) is 0 Å². The Labute approximate surface area is 152 Å². The molecular formula is C15H23BN2O7S. The normalized spacial score (nSPS) is 18.0. The highest BCUT2D eigenvalue weighted by atomic mass is 32.2. The molecule has 0 bridgehead atoms. The van der Waals surface area contributed by atoms with Crippen molar-refractivity contribution in [2.45, 2.75) is 32.0 Å². The van der Waals surface area contributed by atoms with E-state index in [1.54, 1.807) is 25.1 Å². The molecule has 0 spiro atoms. The van der Waals surface area contributed by atoms with Crippen LogP contribution in [0.1, 0.15) is 30.8 Å². The molecule has 26 heavy (non-hydrogen) atoms. The molecule has 1 aliphatic heterocycles. The molecule has 0 aliphatic carbocycles. The Kier molecular flexibility index (Phi) is 7.01. The average Bonchev–Trinajstić information content (AvgIpc) is 2.60. The van der Waals surface area contributed by atoms with Crippen molar-refractivity contribution < 1.29 is 32.7 Å². The Hall–Kier alpha value is -1.66. The molecule has 1 unspecified atom stereocenters. The first-order valence-corrected chi connectivity index (χ1v) is 9.89. The molecule has 1 aliphatic rings. The number of rotatable bonds is 8. The quantitative estimate of drug-likeness (QED) is 0.336. The fourth-order valence-corrected chi connectivity index (χ4v) is 3.28. The molecular weight excluding hydrogens is 363 g/mol. The van der Waals surface area contributed by atoms with Crippen LogP contribution in [0.3, 0.4) is 0 Å². The Balaban J connectivity index is 2.06. The van der Waals surface area contributed by atoms with Crippen LogP contribution in [0.5, 0.6) is 5.75 Å². The van der Waals surface area contributed by atoms with Gasteiger partial charge in [0.15, 0.2) is 6.29 Å². The SMILES string of the molecule is CCOC(O)c1cccc2c1OB(O)[C@@H](NC(=O)CCS(=O)(=O)NC)C2. The summed E-state index contributed by atoms with van der Waals surface area (Å²) < 4.78 is 35.5. The number of nitrogens with one attached hydrogen (secondary N) is 2. The molecule has 9 nitrogen and oxygen atoms in total. The van der Waals surface area contributed by atoms with E-state index < -0.39 is 35.3 Å². The molecule has 2 rings (SSSR count). The smallest absolute Gasteiger partial charge is 0.534 e. The molecule has 2 atom stereocenters. The van der Waals surface area contributed by atoms with E-state index in [0.717, 1.165) is 0 Å². The third-order valence-corrected chi connectivity index (χ3v) is 5.36. The second kappa shape index (κ2) is 8.82. The minimum absolute atomic E-state index is 0.234. The topological polar surface area (TPSA) is 134 Å². The lowest BCUT2D eigenvalue weighted by Gasteiger charge is -2.30. The van der Waals surface area contributed by atoms with Crippen LogP contribution in [0.15, 0.2) is 18.2 Å². The molecule has 1 heterocycles. The number of hydrogen-bond donors (Lipinski definition) is 4. The van der Waals surface area contributed by atoms with E-state index in [1.165, 1.54) is 7.05 Å². The van der Waals surface area contributed by atoms with Gasteiger partial charge in [-0.3, -0.25) is 4.79 Å². The number of para-hydroxylation sites is 1. The highest BCUT2D eigenvalue weighted by molar-refractivity contribution is 7.89. The third kappa shape index (κ3) is 5.18. The minimum atomic E-state index is -3.48. The van der Waals surface area contributed by atoms with E-state index in [9.17, 15) is 23.3 Å². The van der Waals surface area contributed by atoms with Crippen molar-refractivity contribution in [1.29, 1.82) is 0 Å². The summed E-state index contributed by atoms with van der Waals surface area (Å²) in [6.07, 6.45) is -1.14. The van der Waals surface area contributed by atoms with Crippen LogP contribution < -0.4 is 14.7 Å². The first-order chi connectivity index (χ1) is 12.3. The number of aliphatic hydroxyl groups excluding tert-OH is 1. The number of amides is 1. The van der Waals surface area contributed by atoms with Crippen LogP contribution >= 0.6 is 0 Å². The lowest BCUT2D eigenvalue weighted by Crippen LogP contribution is -2.53. The summed E-state index contributed by atoms with van der Waals surface area (Å²) >= 11 is 0. The number of ether oxygens (including phenoxy) is 1. The number of aliphatic hydroxyl groups is 1. The highest BCUT2D eigenvalue weighted by Crippen LogP contribution is 2.34. The van der Waals surface area contributed by atoms with Crippen LogP contribution in [0.2, 0.25) is 0 Å². The molecule has 0 aromatic heterocycles. The first-order valence-electron chi connectivity index (χ1n) is 8.24. The van der Waals surface area contributed by atoms with E-state index in [-0.39, 0.29) is 18.6 Å². The van der Waals surface area contributed by atoms with Gasteiger partial charge in [0.25, 0.3) is 0 Å². The summed E-state index contributed by atoms with van der Waals surface area (Å²) in [5.74, 6) is -1.26. The van der Waals surface area contributed by atoms with Crippen molar-refractivity contribution in [2.24, 2.45) is 0 Å². The molecule has 1 aromatic carbocycles. The van der Waals surface area contributed by atoms with Crippen molar-refractivity contribution >= 4 is 23.0 Å². The van der Waals surface area contributed by atoms with Crippen molar-refractivity contribution in [3.8, 4) is 5.75 Å². The molecule has 4 N–H and O–H groups in total. The van der Waals surface area contributed by atoms with Gasteiger partial charge in [0.05, 0.1) is 11.7 Å². The Bertz CT molecular complexity index is 744. The van der Waals surface area contributed by atoms with Crippen molar-refractivity contribution in [3.63, 3.8) is 0 Å². The van der Waals surface area contributed by atoms with Gasteiger partial charge in [-0.2, -0.15) is 0 Å². The van der Waals surface area contributed by atoms with Gasteiger partial charge in [-0.25, -0.2) is 13.1 Å². The lowest BCUT2D eigenvalue weighted by molar-refractivity contribution is -0.121. The number of hydrogen-bond acceptors (Lipinski definition) is 7. The van der Waals surface area contributed by atoms with E-state index >= 15 is 0 Å². The van der Waals surface area contributed by atoms with Gasteiger partial charge in [0.2, 0.25) is 15.9 Å². The zero-order valence-corrected chi connectivity index (χ0v) is 15.5. The Morgan fingerprint density at radius 3 is 2.88 bits per heavy atom. The van der Waals surface area contributed by atoms with Crippen LogP contribution in [-0.4, -0.2) is 56.9 Å². The van der Waals surface area contributed by atoms with Gasteiger partial charge in [-0.1, -0.05) is 18.2 Å². The van der Waals surface area contributed by atoms with Crippen LogP contribution in [0.25, 0.3) is 0 Å². The fourth-order valence-electron chi connectivity index (χ4n) is 2.62. The summed E-state index contributed by atoms with van der Waals surface area (Å²) in [7, 11) is -3.54. The Morgan fingerprint density at radius 2 is 2.23 bits per heavy atom. The Morgan fingerprint density at radius 1 is 1.50 bits per heavy atom. The van der Waals surface area contributed by atoms with Gasteiger partial charge in [0.1, 0.15) is 5.75 Å². The van der Waals surface area contributed by atoms with E-state index in [4.69, 9.17) is 9.39 Å². The zero-order valence-electron chi connectivity index (χ0n) is 14.6. The predicted molar refractivity (Wildman–Crippen MR) is 94.7 cm³/mol. The summed E-state index contributed by atoms with van der Waals surface area (Å²) in [4.78, 5) is 12.0. The molecule has 11 heteroatoms. The number of carbonyl (C=O) groups is 1. The van der Waals surface area contributed by atoms with Crippen LogP contribution in [-0.2, 0) is 26.0 Å². The maximum absolute atomic E-state index is 12.0. The summed E-state index contributed by atoms with van der Waals surface area (Å²) in [5, 5.41) is 22.8. The molecule has 1 aromatic rings. The van der Waals surface area contributed by atoms with E-state index in [1.807, 2.05) is 0 Å². The second-order valence-corrected chi connectivity index (χ2v) is 7.85. The summed E-state index contributed by atoms with van der Waals surface area (Å²) in [6.45, 7) is 2.05. The number of carbonyl (C=O) groups excluding carboxylic acids is 1. The predicted octanol–water partition coefficient (Wildman–Crippen LogP) is -0.907. The average molecular weight is 386 g/mol. The molecule has 0 saturated heterocycles. The maximum atomic E-state index is 12.0. The lowest BCUT2D eigenvalue weighted by atomic mass is 9.72. The van der Waals surface area contributed by atoms with Crippen molar-refractivity contribution in [2.75, 3.05) is 19.4 Å². The number of sulfonamides is 1. The van der Waals surface area contributed by atoms with E-state index in [2.05, 4.69) is 10.0 Å². The van der Waals surface area contributed by atoms with Gasteiger partial charge in [0, 0.05) is 18.6 Å². The molecule has 0 radical (unpaired) electrons. The van der Waals surface area contributed by atoms with Gasteiger partial charge >= 0.3 is 7.12 Å². The molecule has 0 fully saturated rings. The monoisotopic (exact) mass is 386 g/mol. The van der Waals surface area contributed by atoms with Crippen molar-refractivity contribution in [3.05, 3.63) is 29.3 Å². The van der Waals surface area contributed by atoms with Gasteiger partial charge in [-0.15, -0.1) is 0 Å². The summed E-state index contributed by atoms with van der Waals surface area (Å²) in [5.41, 5.74) is 1.09. The standard InChI is InChI=1S/C15H23BN2O7S/c1-3-24-15(20)11-6-4-5-10-9-12(16(21)25-14(10)11)18-13(19)7-8-26(22,23)17-2/h4-6,12,15,17,20-21H,3,7-9H2,1-2H3,(H,18,19)/t12-,15?/m0/s1. The maximum Gasteiger partial charge on any atom is 0.547 e. The molecule has 1 amide bonds. The van der Waals surface area contributed by atoms with Gasteiger partial charge in [-0.05, 0) is 26.0 Å². The summed E-state index contributed by atoms with van der Waals surface area (Å²) in [6, 6.07) is 5.11. The largest absolute Gasteiger partial charge is 0.547 e. The molecule has 0 saturated carbocycles.